The summed E-state index contributed by atoms with van der Waals surface area (Å²) >= 11 is 0. The number of ether oxygens (including phenoxy) is 1. The highest BCUT2D eigenvalue weighted by Crippen LogP contribution is 2.41. The first-order valence-electron chi connectivity index (χ1n) is 10.4. The van der Waals surface area contributed by atoms with Crippen molar-refractivity contribution in [3.63, 3.8) is 0 Å². The van der Waals surface area contributed by atoms with Gasteiger partial charge in [-0.15, -0.1) is 0 Å². The zero-order valence-electron chi connectivity index (χ0n) is 18.8. The van der Waals surface area contributed by atoms with E-state index < -0.39 is 53.4 Å². The fourth-order valence-corrected chi connectivity index (χ4v) is 3.69. The van der Waals surface area contributed by atoms with E-state index in [2.05, 4.69) is 19.8 Å². The quantitative estimate of drug-likeness (QED) is 0.258. The largest absolute Gasteiger partial charge is 0.454 e. The molecule has 0 saturated carbocycles. The molecule has 0 aliphatic rings. The highest BCUT2D eigenvalue weighted by atomic mass is 19.4. The van der Waals surface area contributed by atoms with Gasteiger partial charge >= 0.3 is 18.8 Å². The molecule has 3 heterocycles. The Hall–Kier alpha value is -3.84. The lowest BCUT2D eigenvalue weighted by Crippen LogP contribution is -2.21. The number of aryl methyl sites for hydroxylation is 2. The molecular formula is C23H15F9N4O. The van der Waals surface area contributed by atoms with Crippen molar-refractivity contribution >= 4 is 5.65 Å². The summed E-state index contributed by atoms with van der Waals surface area (Å²) in [7, 11) is 0. The zero-order valence-corrected chi connectivity index (χ0v) is 18.8. The lowest BCUT2D eigenvalue weighted by Gasteiger charge is -2.17. The van der Waals surface area contributed by atoms with E-state index in [0.29, 0.717) is 39.7 Å². The van der Waals surface area contributed by atoms with Crippen molar-refractivity contribution in [2.24, 2.45) is 0 Å². The van der Waals surface area contributed by atoms with Crippen molar-refractivity contribution in [1.29, 1.82) is 0 Å². The van der Waals surface area contributed by atoms with Crippen LogP contribution in [0.3, 0.4) is 0 Å². The normalized spacial score (nSPS) is 13.4. The average molecular weight is 534 g/mol. The first-order valence-corrected chi connectivity index (χ1v) is 10.4. The van der Waals surface area contributed by atoms with Gasteiger partial charge in [0.1, 0.15) is 5.75 Å². The SMILES string of the molecule is Cc1cc(-c2cnn3c(C(F)(F)F)cc(-c4ccc(OC(F)C(F)F)c(C(F)(F)F)c4)nc23)cc(C)n1. The minimum atomic E-state index is -5.21. The van der Waals surface area contributed by atoms with Gasteiger partial charge in [-0.2, -0.15) is 35.8 Å². The summed E-state index contributed by atoms with van der Waals surface area (Å²) in [5.41, 5.74) is -2.56. The predicted octanol–water partition coefficient (Wildman–Crippen LogP) is 7.05. The first kappa shape index (κ1) is 26.2. The molecule has 3 aromatic heterocycles. The van der Waals surface area contributed by atoms with Crippen LogP contribution < -0.4 is 4.74 Å². The van der Waals surface area contributed by atoms with Crippen molar-refractivity contribution < 1.29 is 44.3 Å². The Labute approximate surface area is 202 Å². The van der Waals surface area contributed by atoms with Gasteiger partial charge in [-0.1, -0.05) is 0 Å². The molecule has 4 rings (SSSR count). The maximum absolute atomic E-state index is 13.9. The molecule has 0 bridgehead atoms. The molecule has 0 aliphatic heterocycles. The van der Waals surface area contributed by atoms with Crippen LogP contribution in [0.4, 0.5) is 39.5 Å². The monoisotopic (exact) mass is 534 g/mol. The Kier molecular flexibility index (Phi) is 6.54. The van der Waals surface area contributed by atoms with Crippen LogP contribution >= 0.6 is 0 Å². The van der Waals surface area contributed by atoms with Gasteiger partial charge in [0.05, 0.1) is 17.5 Å². The standard InChI is InChI=1S/C23H15F9N4O/c1-10-5-13(6-11(2)34-10)14-9-33-36-18(23(30,31)32)8-16(35-21(14)36)12-3-4-17(37-20(26)19(24)25)15(7-12)22(27,28)29/h3-9,19-20H,1-2H3. The molecule has 4 aromatic rings. The van der Waals surface area contributed by atoms with Gasteiger partial charge in [0.25, 0.3) is 6.36 Å². The third-order valence-electron chi connectivity index (χ3n) is 5.17. The summed E-state index contributed by atoms with van der Waals surface area (Å²) in [4.78, 5) is 8.33. The molecule has 0 amide bonds. The van der Waals surface area contributed by atoms with Crippen molar-refractivity contribution in [2.75, 3.05) is 0 Å². The minimum absolute atomic E-state index is 0.161. The van der Waals surface area contributed by atoms with Crippen molar-refractivity contribution in [2.45, 2.75) is 39.0 Å². The van der Waals surface area contributed by atoms with E-state index in [4.69, 9.17) is 0 Å². The zero-order chi connectivity index (χ0) is 27.3. The summed E-state index contributed by atoms with van der Waals surface area (Å²) in [6.07, 6.45) is -16.1. The maximum Gasteiger partial charge on any atom is 0.433 e. The Balaban J connectivity index is 1.94. The molecule has 0 spiro atoms. The topological polar surface area (TPSA) is 52.3 Å². The molecule has 1 atom stereocenters. The van der Waals surface area contributed by atoms with E-state index in [9.17, 15) is 39.5 Å². The van der Waals surface area contributed by atoms with Crippen LogP contribution in [0, 0.1) is 13.8 Å². The third-order valence-corrected chi connectivity index (χ3v) is 5.17. The second-order valence-corrected chi connectivity index (χ2v) is 7.97. The van der Waals surface area contributed by atoms with Gasteiger partial charge in [0.2, 0.25) is 0 Å². The fraction of sp³-hybridized carbons (Fsp3) is 0.261. The summed E-state index contributed by atoms with van der Waals surface area (Å²) in [5.74, 6) is -1.26. The van der Waals surface area contributed by atoms with E-state index in [1.54, 1.807) is 26.0 Å². The Morgan fingerprint density at radius 1 is 0.811 bits per heavy atom. The predicted molar refractivity (Wildman–Crippen MR) is 113 cm³/mol. The van der Waals surface area contributed by atoms with Crippen molar-refractivity contribution in [3.05, 3.63) is 65.2 Å². The molecule has 1 aromatic carbocycles. The number of pyridine rings is 1. The molecular weight excluding hydrogens is 519 g/mol. The number of benzene rings is 1. The number of halogens is 9. The number of fused-ring (bicyclic) bond motifs is 1. The number of alkyl halides is 9. The maximum atomic E-state index is 13.9. The highest BCUT2D eigenvalue weighted by molar-refractivity contribution is 5.79. The summed E-state index contributed by atoms with van der Waals surface area (Å²) in [6, 6.07) is 5.41. The molecule has 0 fully saturated rings. The smallest absolute Gasteiger partial charge is 0.433 e. The third kappa shape index (κ3) is 5.32. The molecule has 0 saturated heterocycles. The molecule has 37 heavy (non-hydrogen) atoms. The number of hydrogen-bond donors (Lipinski definition) is 0. The highest BCUT2D eigenvalue weighted by Gasteiger charge is 2.38. The van der Waals surface area contributed by atoms with Gasteiger partial charge < -0.3 is 4.74 Å². The molecule has 196 valence electrons. The number of aromatic nitrogens is 4. The fourth-order valence-electron chi connectivity index (χ4n) is 3.69. The van der Waals surface area contributed by atoms with Crippen LogP contribution in [0.25, 0.3) is 28.0 Å². The average Bonchev–Trinajstić information content (AvgIpc) is 3.20. The molecule has 0 aliphatic carbocycles. The van der Waals surface area contributed by atoms with Crippen LogP contribution in [0.15, 0.2) is 42.6 Å². The Bertz CT molecular complexity index is 1440. The van der Waals surface area contributed by atoms with Crippen molar-refractivity contribution in [1.82, 2.24) is 19.6 Å². The number of hydrogen-bond acceptors (Lipinski definition) is 4. The van der Waals surface area contributed by atoms with E-state index in [-0.39, 0.29) is 11.2 Å². The Morgan fingerprint density at radius 2 is 1.46 bits per heavy atom. The van der Waals surface area contributed by atoms with Gasteiger partial charge in [0, 0.05) is 22.5 Å². The second kappa shape index (κ2) is 9.23. The van der Waals surface area contributed by atoms with Gasteiger partial charge in [-0.05, 0) is 55.8 Å². The molecule has 0 radical (unpaired) electrons. The molecule has 5 nitrogen and oxygen atoms in total. The number of nitrogens with zero attached hydrogens (tertiary/aromatic N) is 4. The van der Waals surface area contributed by atoms with Gasteiger partial charge in [-0.25, -0.2) is 18.3 Å². The lowest BCUT2D eigenvalue weighted by atomic mass is 10.0. The van der Waals surface area contributed by atoms with Gasteiger partial charge in [0.15, 0.2) is 11.3 Å². The van der Waals surface area contributed by atoms with E-state index in [1.165, 1.54) is 0 Å². The molecule has 14 heteroatoms. The summed E-state index contributed by atoms with van der Waals surface area (Å²) in [5, 5.41) is 3.78. The van der Waals surface area contributed by atoms with Gasteiger partial charge in [-0.3, -0.25) is 4.98 Å². The van der Waals surface area contributed by atoms with Crippen LogP contribution in [-0.4, -0.2) is 32.4 Å². The van der Waals surface area contributed by atoms with E-state index in [0.717, 1.165) is 12.3 Å². The first-order chi connectivity index (χ1) is 17.1. The van der Waals surface area contributed by atoms with Crippen LogP contribution in [0.1, 0.15) is 22.6 Å². The minimum Gasteiger partial charge on any atom is -0.454 e. The van der Waals surface area contributed by atoms with Crippen LogP contribution in [0.2, 0.25) is 0 Å². The molecule has 0 N–H and O–H groups in total. The van der Waals surface area contributed by atoms with E-state index >= 15 is 0 Å². The lowest BCUT2D eigenvalue weighted by molar-refractivity contribution is -0.143. The summed E-state index contributed by atoms with van der Waals surface area (Å²) in [6.45, 7) is 3.33. The Morgan fingerprint density at radius 3 is 2.03 bits per heavy atom. The van der Waals surface area contributed by atoms with Crippen molar-refractivity contribution in [3.8, 4) is 28.1 Å². The van der Waals surface area contributed by atoms with Crippen LogP contribution in [-0.2, 0) is 12.4 Å². The molecule has 1 unspecified atom stereocenters. The van der Waals surface area contributed by atoms with Crippen LogP contribution in [0.5, 0.6) is 5.75 Å². The second-order valence-electron chi connectivity index (χ2n) is 7.97. The number of rotatable bonds is 5. The van der Waals surface area contributed by atoms with E-state index in [1.807, 2.05) is 0 Å². The summed E-state index contributed by atoms with van der Waals surface area (Å²) < 4.78 is 125.